The first-order valence-corrected chi connectivity index (χ1v) is 8.97. The van der Waals surface area contributed by atoms with E-state index >= 15 is 0 Å². The molecule has 0 N–H and O–H groups in total. The van der Waals surface area contributed by atoms with Gasteiger partial charge in [0.05, 0.1) is 16.9 Å². The molecule has 1 saturated carbocycles. The summed E-state index contributed by atoms with van der Waals surface area (Å²) in [7, 11) is 0. The highest BCUT2D eigenvalue weighted by Gasteiger charge is 2.24. The van der Waals surface area contributed by atoms with E-state index < -0.39 is 0 Å². The number of pyridine rings is 2. The molecule has 3 nitrogen and oxygen atoms in total. The van der Waals surface area contributed by atoms with Gasteiger partial charge in [-0.05, 0) is 55.5 Å². The number of benzene rings is 1. The molecule has 0 radical (unpaired) electrons. The molecule has 0 atom stereocenters. The third kappa shape index (κ3) is 3.21. The lowest BCUT2D eigenvalue weighted by molar-refractivity contribution is 1.13. The van der Waals surface area contributed by atoms with E-state index in [4.69, 9.17) is 4.98 Å². The zero-order valence-electron chi connectivity index (χ0n) is 14.9. The van der Waals surface area contributed by atoms with E-state index in [0.29, 0.717) is 5.92 Å². The van der Waals surface area contributed by atoms with E-state index in [1.807, 2.05) is 43.6 Å². The van der Waals surface area contributed by atoms with Crippen molar-refractivity contribution < 1.29 is 0 Å². The molecule has 4 rings (SSSR count). The van der Waals surface area contributed by atoms with Gasteiger partial charge >= 0.3 is 0 Å². The van der Waals surface area contributed by atoms with Crippen LogP contribution in [0.4, 0.5) is 0 Å². The van der Waals surface area contributed by atoms with E-state index in [1.54, 1.807) is 6.20 Å². The average Bonchev–Trinajstić information content (AvgIpc) is 3.53. The molecule has 1 aliphatic carbocycles. The van der Waals surface area contributed by atoms with Crippen LogP contribution in [0.3, 0.4) is 0 Å². The minimum atomic E-state index is 0.709. The zero-order chi connectivity index (χ0) is 17.9. The van der Waals surface area contributed by atoms with Gasteiger partial charge in [0.2, 0.25) is 0 Å². The summed E-state index contributed by atoms with van der Waals surface area (Å²) < 4.78 is 0. The molecule has 1 aromatic carbocycles. The van der Waals surface area contributed by atoms with Crippen molar-refractivity contribution in [3.05, 3.63) is 84.3 Å². The van der Waals surface area contributed by atoms with Gasteiger partial charge in [-0.3, -0.25) is 9.98 Å². The highest BCUT2D eigenvalue weighted by Crippen LogP contribution is 2.41. The SMILES string of the molecule is C=C/C(=C(\N=CC)c1cccc(C2CC2)c1)c1ccc2cnccc2n1. The summed E-state index contributed by atoms with van der Waals surface area (Å²) in [5.74, 6) is 0.709. The summed E-state index contributed by atoms with van der Waals surface area (Å²) >= 11 is 0. The number of allylic oxidation sites excluding steroid dienone is 2. The van der Waals surface area contributed by atoms with Crippen molar-refractivity contribution in [3.63, 3.8) is 0 Å². The number of hydrogen-bond donors (Lipinski definition) is 0. The van der Waals surface area contributed by atoms with Crippen molar-refractivity contribution >= 4 is 28.4 Å². The predicted octanol–water partition coefficient (Wildman–Crippen LogP) is 5.65. The topological polar surface area (TPSA) is 38.1 Å². The number of rotatable bonds is 5. The molecular weight excluding hydrogens is 318 g/mol. The van der Waals surface area contributed by atoms with Gasteiger partial charge in [-0.15, -0.1) is 0 Å². The van der Waals surface area contributed by atoms with Crippen molar-refractivity contribution in [2.24, 2.45) is 4.99 Å². The average molecular weight is 339 g/mol. The Labute approximate surface area is 153 Å². The molecule has 1 aliphatic rings. The van der Waals surface area contributed by atoms with Gasteiger partial charge in [0, 0.05) is 35.1 Å². The Bertz CT molecular complexity index is 1030. The Balaban J connectivity index is 1.88. The van der Waals surface area contributed by atoms with E-state index in [9.17, 15) is 0 Å². The number of aliphatic imine (C=N–C) groups is 1. The van der Waals surface area contributed by atoms with Gasteiger partial charge in [-0.2, -0.15) is 0 Å². The van der Waals surface area contributed by atoms with Crippen molar-refractivity contribution in [2.75, 3.05) is 0 Å². The van der Waals surface area contributed by atoms with Crippen LogP contribution in [0.5, 0.6) is 0 Å². The van der Waals surface area contributed by atoms with Crippen LogP contribution in [0.25, 0.3) is 22.2 Å². The molecule has 0 spiro atoms. The Kier molecular flexibility index (Phi) is 4.44. The normalized spacial score (nSPS) is 15.3. The first kappa shape index (κ1) is 16.4. The predicted molar refractivity (Wildman–Crippen MR) is 109 cm³/mol. The van der Waals surface area contributed by atoms with Crippen molar-refractivity contribution in [3.8, 4) is 0 Å². The fraction of sp³-hybridized carbons (Fsp3) is 0.174. The fourth-order valence-corrected chi connectivity index (χ4v) is 3.22. The first-order valence-electron chi connectivity index (χ1n) is 8.97. The van der Waals surface area contributed by atoms with Crippen LogP contribution in [-0.2, 0) is 0 Å². The lowest BCUT2D eigenvalue weighted by atomic mass is 10.00. The van der Waals surface area contributed by atoms with E-state index in [-0.39, 0.29) is 0 Å². The molecule has 0 amide bonds. The summed E-state index contributed by atoms with van der Waals surface area (Å²) in [5, 5.41) is 1.02. The molecule has 26 heavy (non-hydrogen) atoms. The second-order valence-electron chi connectivity index (χ2n) is 6.52. The van der Waals surface area contributed by atoms with Crippen molar-refractivity contribution in [1.29, 1.82) is 0 Å². The molecule has 128 valence electrons. The Morgan fingerprint density at radius 1 is 1.19 bits per heavy atom. The molecule has 2 aromatic heterocycles. The van der Waals surface area contributed by atoms with E-state index in [0.717, 1.165) is 33.4 Å². The summed E-state index contributed by atoms with van der Waals surface area (Å²) in [4.78, 5) is 13.6. The standard InChI is InChI=1S/C23H21N3/c1-3-20(22-11-10-19-15-24-13-12-21(19)26-22)23(25-4-2)18-7-5-6-17(14-18)16-8-9-16/h3-7,10-16H,1,8-9H2,2H3/b23-20+,25-4?. The number of fused-ring (bicyclic) bond motifs is 1. The van der Waals surface area contributed by atoms with Crippen LogP contribution in [0.15, 0.2) is 72.5 Å². The van der Waals surface area contributed by atoms with Crippen molar-refractivity contribution in [1.82, 2.24) is 9.97 Å². The molecular formula is C23H21N3. The maximum Gasteiger partial charge on any atom is 0.0791 e. The Morgan fingerprint density at radius 3 is 2.85 bits per heavy atom. The third-order valence-corrected chi connectivity index (χ3v) is 4.69. The van der Waals surface area contributed by atoms with Crippen LogP contribution in [0.1, 0.15) is 42.5 Å². The lowest BCUT2D eigenvalue weighted by Gasteiger charge is -2.11. The summed E-state index contributed by atoms with van der Waals surface area (Å²) in [6.45, 7) is 5.97. The summed E-state index contributed by atoms with van der Waals surface area (Å²) in [6.07, 6.45) is 9.84. The minimum absolute atomic E-state index is 0.709. The van der Waals surface area contributed by atoms with Crippen LogP contribution in [0, 0.1) is 0 Å². The van der Waals surface area contributed by atoms with Gasteiger partial charge in [-0.25, -0.2) is 4.98 Å². The largest absolute Gasteiger partial charge is 0.264 e. The lowest BCUT2D eigenvalue weighted by Crippen LogP contribution is -1.94. The highest BCUT2D eigenvalue weighted by atomic mass is 14.8. The van der Waals surface area contributed by atoms with Gasteiger partial charge in [0.25, 0.3) is 0 Å². The fourth-order valence-electron chi connectivity index (χ4n) is 3.22. The van der Waals surface area contributed by atoms with Gasteiger partial charge in [0.1, 0.15) is 0 Å². The van der Waals surface area contributed by atoms with Crippen LogP contribution in [-0.4, -0.2) is 16.2 Å². The summed E-state index contributed by atoms with van der Waals surface area (Å²) in [5.41, 5.74) is 6.14. The Morgan fingerprint density at radius 2 is 2.08 bits per heavy atom. The number of aromatic nitrogens is 2. The maximum atomic E-state index is 4.80. The van der Waals surface area contributed by atoms with Gasteiger partial charge in [-0.1, -0.05) is 30.9 Å². The van der Waals surface area contributed by atoms with Crippen LogP contribution in [0.2, 0.25) is 0 Å². The van der Waals surface area contributed by atoms with Crippen molar-refractivity contribution in [2.45, 2.75) is 25.7 Å². The molecule has 0 bridgehead atoms. The molecule has 3 aromatic rings. The maximum absolute atomic E-state index is 4.80. The Hall–Kier alpha value is -3.07. The third-order valence-electron chi connectivity index (χ3n) is 4.69. The number of nitrogens with zero attached hydrogens (tertiary/aromatic N) is 3. The summed E-state index contributed by atoms with van der Waals surface area (Å²) in [6, 6.07) is 14.7. The molecule has 3 heteroatoms. The molecule has 1 fully saturated rings. The van der Waals surface area contributed by atoms with E-state index in [2.05, 4.69) is 40.8 Å². The highest BCUT2D eigenvalue weighted by molar-refractivity contribution is 5.97. The minimum Gasteiger partial charge on any atom is -0.264 e. The number of hydrogen-bond acceptors (Lipinski definition) is 3. The second-order valence-corrected chi connectivity index (χ2v) is 6.52. The molecule has 0 aliphatic heterocycles. The first-order chi connectivity index (χ1) is 12.8. The molecule has 0 saturated heterocycles. The smallest absolute Gasteiger partial charge is 0.0791 e. The molecule has 0 unspecified atom stereocenters. The van der Waals surface area contributed by atoms with Gasteiger partial charge in [0.15, 0.2) is 0 Å². The monoisotopic (exact) mass is 339 g/mol. The van der Waals surface area contributed by atoms with Crippen LogP contribution < -0.4 is 0 Å². The quantitative estimate of drug-likeness (QED) is 0.445. The molecule has 2 heterocycles. The van der Waals surface area contributed by atoms with E-state index in [1.165, 1.54) is 18.4 Å². The van der Waals surface area contributed by atoms with Crippen LogP contribution >= 0.6 is 0 Å². The van der Waals surface area contributed by atoms with Gasteiger partial charge < -0.3 is 0 Å². The second kappa shape index (κ2) is 7.04. The zero-order valence-corrected chi connectivity index (χ0v) is 14.9.